The Morgan fingerprint density at radius 2 is 1.20 bits per heavy atom. The van der Waals surface area contributed by atoms with E-state index in [2.05, 4.69) is 30.9 Å². The number of methoxy groups -OCH3 is 2. The molecule has 156 valence electrons. The maximum atomic E-state index is 11.2. The Bertz CT molecular complexity index is 927. The molecule has 2 aromatic carbocycles. The number of aromatic nitrogens is 3. The number of rotatable bonds is 9. The van der Waals surface area contributed by atoms with Crippen molar-refractivity contribution in [1.29, 1.82) is 0 Å². The van der Waals surface area contributed by atoms with Gasteiger partial charge >= 0.3 is 5.97 Å². The van der Waals surface area contributed by atoms with Gasteiger partial charge in [-0.15, -0.1) is 0 Å². The minimum absolute atomic E-state index is 0.118. The Kier molecular flexibility index (Phi) is 6.48. The highest BCUT2D eigenvalue weighted by atomic mass is 16.5. The smallest absolute Gasteiger partial charge is 0.325 e. The van der Waals surface area contributed by atoms with Crippen molar-refractivity contribution >= 4 is 35.2 Å². The van der Waals surface area contributed by atoms with Gasteiger partial charge in [0, 0.05) is 11.4 Å². The number of carboxylic acids is 1. The third-order valence-electron chi connectivity index (χ3n) is 4.04. The number of nitrogens with zero attached hydrogens (tertiary/aromatic N) is 3. The molecule has 30 heavy (non-hydrogen) atoms. The lowest BCUT2D eigenvalue weighted by Gasteiger charge is -2.13. The maximum absolute atomic E-state index is 11.2. The summed E-state index contributed by atoms with van der Waals surface area (Å²) in [7, 11) is 3.18. The summed E-state index contributed by atoms with van der Waals surface area (Å²) in [5.41, 5.74) is 1.46. The molecule has 0 bridgehead atoms. The Hall–Kier alpha value is -4.08. The lowest BCUT2D eigenvalue weighted by atomic mass is 10.3. The quantitative estimate of drug-likeness (QED) is 0.417. The second-order valence-electron chi connectivity index (χ2n) is 6.22. The van der Waals surface area contributed by atoms with Gasteiger partial charge in [-0.2, -0.15) is 15.0 Å². The van der Waals surface area contributed by atoms with Crippen molar-refractivity contribution < 1.29 is 19.4 Å². The van der Waals surface area contributed by atoms with Gasteiger partial charge in [0.1, 0.15) is 17.5 Å². The number of ether oxygens (including phenoxy) is 2. The van der Waals surface area contributed by atoms with E-state index in [1.807, 2.05) is 24.3 Å². The molecule has 1 unspecified atom stereocenters. The monoisotopic (exact) mass is 410 g/mol. The van der Waals surface area contributed by atoms with Crippen molar-refractivity contribution in [2.45, 2.75) is 13.0 Å². The fourth-order valence-corrected chi connectivity index (χ4v) is 2.41. The van der Waals surface area contributed by atoms with Crippen molar-refractivity contribution in [3.8, 4) is 11.5 Å². The van der Waals surface area contributed by atoms with Crippen LogP contribution in [0.4, 0.5) is 29.2 Å². The van der Waals surface area contributed by atoms with E-state index in [0.29, 0.717) is 0 Å². The normalized spacial score (nSPS) is 11.3. The highest BCUT2D eigenvalue weighted by Crippen LogP contribution is 2.22. The van der Waals surface area contributed by atoms with Crippen molar-refractivity contribution in [3.05, 3.63) is 48.5 Å². The molecule has 1 heterocycles. The number of carboxylic acid groups (broad SMARTS) is 1. The molecule has 0 fully saturated rings. The number of benzene rings is 2. The van der Waals surface area contributed by atoms with Gasteiger partial charge in [0.25, 0.3) is 0 Å². The zero-order valence-corrected chi connectivity index (χ0v) is 16.7. The molecule has 0 saturated carbocycles. The van der Waals surface area contributed by atoms with Gasteiger partial charge in [0.15, 0.2) is 0 Å². The predicted octanol–water partition coefficient (Wildman–Crippen LogP) is 3.26. The van der Waals surface area contributed by atoms with Crippen molar-refractivity contribution in [2.75, 3.05) is 30.2 Å². The molecule has 0 amide bonds. The summed E-state index contributed by atoms with van der Waals surface area (Å²) in [6.07, 6.45) is 0. The minimum Gasteiger partial charge on any atom is -0.497 e. The fourth-order valence-electron chi connectivity index (χ4n) is 2.41. The van der Waals surface area contributed by atoms with E-state index in [1.165, 1.54) is 6.92 Å². The molecular weight excluding hydrogens is 388 g/mol. The third-order valence-corrected chi connectivity index (χ3v) is 4.04. The number of nitrogens with one attached hydrogen (secondary N) is 3. The maximum Gasteiger partial charge on any atom is 0.325 e. The number of aliphatic carboxylic acids is 1. The van der Waals surface area contributed by atoms with Gasteiger partial charge in [0.05, 0.1) is 14.2 Å². The molecule has 4 N–H and O–H groups in total. The van der Waals surface area contributed by atoms with Crippen LogP contribution < -0.4 is 25.4 Å². The summed E-state index contributed by atoms with van der Waals surface area (Å²) in [5.74, 6) is 1.01. The van der Waals surface area contributed by atoms with Crippen LogP contribution in [0.15, 0.2) is 48.5 Å². The molecule has 10 nitrogen and oxygen atoms in total. The van der Waals surface area contributed by atoms with E-state index in [-0.39, 0.29) is 17.8 Å². The molecule has 0 aliphatic carbocycles. The van der Waals surface area contributed by atoms with Gasteiger partial charge in [-0.25, -0.2) is 0 Å². The molecule has 3 rings (SSSR count). The minimum atomic E-state index is -1.02. The molecule has 0 spiro atoms. The molecule has 0 saturated heterocycles. The Morgan fingerprint density at radius 3 is 1.57 bits per heavy atom. The standard InChI is InChI=1S/C20H22N6O4/c1-12(17(27)28)21-18-24-19(22-13-4-8-15(29-2)9-5-13)26-20(25-18)23-14-6-10-16(30-3)11-7-14/h4-12H,1-3H3,(H,27,28)(H3,21,22,23,24,25,26). The summed E-state index contributed by atoms with van der Waals surface area (Å²) in [6.45, 7) is 1.50. The van der Waals surface area contributed by atoms with Gasteiger partial charge in [-0.05, 0) is 55.5 Å². The second-order valence-corrected chi connectivity index (χ2v) is 6.22. The number of anilines is 5. The molecule has 0 radical (unpaired) electrons. The first-order chi connectivity index (χ1) is 14.5. The highest BCUT2D eigenvalue weighted by Gasteiger charge is 2.14. The largest absolute Gasteiger partial charge is 0.497 e. The van der Waals surface area contributed by atoms with Gasteiger partial charge in [-0.1, -0.05) is 0 Å². The van der Waals surface area contributed by atoms with Crippen LogP contribution >= 0.6 is 0 Å². The highest BCUT2D eigenvalue weighted by molar-refractivity contribution is 5.76. The average molecular weight is 410 g/mol. The summed E-state index contributed by atoms with van der Waals surface area (Å²) in [6, 6.07) is 13.6. The first kappa shape index (κ1) is 20.6. The molecule has 1 atom stereocenters. The predicted molar refractivity (Wildman–Crippen MR) is 113 cm³/mol. The van der Waals surface area contributed by atoms with Crippen LogP contribution in [0.25, 0.3) is 0 Å². The molecule has 3 aromatic rings. The van der Waals surface area contributed by atoms with E-state index in [4.69, 9.17) is 14.6 Å². The average Bonchev–Trinajstić information content (AvgIpc) is 2.74. The molecule has 0 aliphatic heterocycles. The fraction of sp³-hybridized carbons (Fsp3) is 0.200. The molecular formula is C20H22N6O4. The van der Waals surface area contributed by atoms with Crippen molar-refractivity contribution in [3.63, 3.8) is 0 Å². The van der Waals surface area contributed by atoms with Crippen LogP contribution in [0.5, 0.6) is 11.5 Å². The SMILES string of the molecule is COc1ccc(Nc2nc(Nc3ccc(OC)cc3)nc(NC(C)C(=O)O)n2)cc1. The van der Waals surface area contributed by atoms with Crippen LogP contribution in [-0.4, -0.2) is 46.3 Å². The molecule has 0 aliphatic rings. The van der Waals surface area contributed by atoms with Gasteiger partial charge in [0.2, 0.25) is 17.8 Å². The summed E-state index contributed by atoms with van der Waals surface area (Å²) < 4.78 is 10.3. The second kappa shape index (κ2) is 9.41. The number of hydrogen-bond acceptors (Lipinski definition) is 9. The third kappa shape index (κ3) is 5.47. The summed E-state index contributed by atoms with van der Waals surface area (Å²) in [5, 5.41) is 18.1. The first-order valence-electron chi connectivity index (χ1n) is 9.04. The van der Waals surface area contributed by atoms with Crippen molar-refractivity contribution in [2.24, 2.45) is 0 Å². The summed E-state index contributed by atoms with van der Waals surface area (Å²) >= 11 is 0. The Morgan fingerprint density at radius 1 is 0.800 bits per heavy atom. The molecule has 1 aromatic heterocycles. The number of carbonyl (C=O) groups is 1. The van der Waals surface area contributed by atoms with E-state index in [0.717, 1.165) is 22.9 Å². The number of hydrogen-bond donors (Lipinski definition) is 4. The van der Waals surface area contributed by atoms with E-state index < -0.39 is 12.0 Å². The van der Waals surface area contributed by atoms with Gasteiger partial charge in [-0.3, -0.25) is 4.79 Å². The van der Waals surface area contributed by atoms with Crippen molar-refractivity contribution in [1.82, 2.24) is 15.0 Å². The van der Waals surface area contributed by atoms with Crippen LogP contribution in [0, 0.1) is 0 Å². The molecule has 10 heteroatoms. The van der Waals surface area contributed by atoms with Crippen LogP contribution in [0.2, 0.25) is 0 Å². The first-order valence-corrected chi connectivity index (χ1v) is 9.04. The lowest BCUT2D eigenvalue weighted by Crippen LogP contribution is -2.26. The van der Waals surface area contributed by atoms with E-state index in [1.54, 1.807) is 38.5 Å². The van der Waals surface area contributed by atoms with Gasteiger partial charge < -0.3 is 30.5 Å². The van der Waals surface area contributed by atoms with Crippen LogP contribution in [-0.2, 0) is 4.79 Å². The van der Waals surface area contributed by atoms with E-state index >= 15 is 0 Å². The van der Waals surface area contributed by atoms with Crippen LogP contribution in [0.3, 0.4) is 0 Å². The van der Waals surface area contributed by atoms with Crippen LogP contribution in [0.1, 0.15) is 6.92 Å². The van der Waals surface area contributed by atoms with E-state index in [9.17, 15) is 4.79 Å². The zero-order valence-electron chi connectivity index (χ0n) is 16.7. The Labute approximate surface area is 173 Å². The lowest BCUT2D eigenvalue weighted by molar-refractivity contribution is -0.137. The zero-order chi connectivity index (χ0) is 21.5. The topological polar surface area (TPSA) is 131 Å². The summed E-state index contributed by atoms with van der Waals surface area (Å²) in [4.78, 5) is 24.1. The Balaban J connectivity index is 1.87.